The highest BCUT2D eigenvalue weighted by Gasteiger charge is 2.09. The van der Waals surface area contributed by atoms with Crippen molar-refractivity contribution >= 4 is 5.82 Å². The smallest absolute Gasteiger partial charge is 0.160 e. The van der Waals surface area contributed by atoms with Gasteiger partial charge in [0.25, 0.3) is 0 Å². The van der Waals surface area contributed by atoms with Gasteiger partial charge in [0.2, 0.25) is 0 Å². The molecule has 74 valence electrons. The Labute approximate surface area is 82.2 Å². The Morgan fingerprint density at radius 1 is 1.50 bits per heavy atom. The fourth-order valence-electron chi connectivity index (χ4n) is 1.39. The van der Waals surface area contributed by atoms with Crippen LogP contribution in [-0.4, -0.2) is 19.3 Å². The maximum atomic E-state index is 5.70. The van der Waals surface area contributed by atoms with Crippen LogP contribution < -0.4 is 5.73 Å². The van der Waals surface area contributed by atoms with Crippen LogP contribution in [0.2, 0.25) is 0 Å². The lowest BCUT2D eigenvalue weighted by molar-refractivity contribution is 0.749. The monoisotopic (exact) mass is 191 g/mol. The van der Waals surface area contributed by atoms with Gasteiger partial charge in [-0.3, -0.25) is 4.68 Å². The molecule has 14 heavy (non-hydrogen) atoms. The van der Waals surface area contributed by atoms with Gasteiger partial charge in [-0.2, -0.15) is 5.10 Å². The number of rotatable bonds is 2. The summed E-state index contributed by atoms with van der Waals surface area (Å²) in [4.78, 5) is 4.24. The summed E-state index contributed by atoms with van der Waals surface area (Å²) in [5.74, 6) is 1.51. The van der Waals surface area contributed by atoms with Crippen LogP contribution in [0.15, 0.2) is 18.5 Å². The van der Waals surface area contributed by atoms with Gasteiger partial charge in [-0.1, -0.05) is 0 Å². The summed E-state index contributed by atoms with van der Waals surface area (Å²) in [7, 11) is 1.82. The SMILES string of the molecule is CCn1ccnc1-c1cc(N)n(C)n1. The molecule has 2 N–H and O–H groups in total. The number of aromatic nitrogens is 4. The first-order valence-corrected chi connectivity index (χ1v) is 4.53. The first-order valence-electron chi connectivity index (χ1n) is 4.53. The number of nitrogens with zero attached hydrogens (tertiary/aromatic N) is 4. The molecule has 2 rings (SSSR count). The van der Waals surface area contributed by atoms with Crippen LogP contribution >= 0.6 is 0 Å². The Kier molecular flexibility index (Phi) is 1.99. The summed E-state index contributed by atoms with van der Waals surface area (Å²) in [6.07, 6.45) is 3.70. The van der Waals surface area contributed by atoms with Gasteiger partial charge in [0, 0.05) is 32.1 Å². The lowest BCUT2D eigenvalue weighted by Gasteiger charge is -1.99. The van der Waals surface area contributed by atoms with Crippen LogP contribution in [-0.2, 0) is 13.6 Å². The Balaban J connectivity index is 2.49. The van der Waals surface area contributed by atoms with Crippen LogP contribution in [0.5, 0.6) is 0 Å². The molecule has 0 unspecified atom stereocenters. The molecular weight excluding hydrogens is 178 g/mol. The van der Waals surface area contributed by atoms with Crippen molar-refractivity contribution in [3.8, 4) is 11.5 Å². The summed E-state index contributed by atoms with van der Waals surface area (Å²) in [6.45, 7) is 2.95. The molecule has 0 spiro atoms. The lowest BCUT2D eigenvalue weighted by atomic mass is 10.4. The molecule has 0 amide bonds. The van der Waals surface area contributed by atoms with E-state index in [1.807, 2.05) is 23.9 Å². The molecule has 0 aliphatic heterocycles. The molecule has 0 aliphatic carbocycles. The molecule has 0 saturated heterocycles. The number of hydrogen-bond donors (Lipinski definition) is 1. The Hall–Kier alpha value is -1.78. The van der Waals surface area contributed by atoms with Crippen LogP contribution in [0, 0.1) is 0 Å². The van der Waals surface area contributed by atoms with Crippen molar-refractivity contribution in [1.82, 2.24) is 19.3 Å². The number of nitrogen functional groups attached to an aromatic ring is 1. The van der Waals surface area contributed by atoms with E-state index in [4.69, 9.17) is 5.73 Å². The maximum absolute atomic E-state index is 5.70. The Bertz CT molecular complexity index is 420. The minimum absolute atomic E-state index is 0.644. The normalized spacial score (nSPS) is 10.7. The van der Waals surface area contributed by atoms with Crippen molar-refractivity contribution in [3.63, 3.8) is 0 Å². The van der Waals surface area contributed by atoms with Crippen molar-refractivity contribution in [2.75, 3.05) is 5.73 Å². The van der Waals surface area contributed by atoms with Gasteiger partial charge in [-0.15, -0.1) is 0 Å². The van der Waals surface area contributed by atoms with E-state index in [0.717, 1.165) is 18.1 Å². The molecular formula is C9H13N5. The van der Waals surface area contributed by atoms with Crippen LogP contribution in [0.4, 0.5) is 5.82 Å². The number of imidazole rings is 1. The van der Waals surface area contributed by atoms with E-state index in [9.17, 15) is 0 Å². The quantitative estimate of drug-likeness (QED) is 0.766. The predicted molar refractivity (Wildman–Crippen MR) is 54.5 cm³/mol. The third-order valence-corrected chi connectivity index (χ3v) is 2.20. The molecule has 0 aromatic carbocycles. The van der Waals surface area contributed by atoms with E-state index in [1.165, 1.54) is 0 Å². The minimum atomic E-state index is 0.644. The van der Waals surface area contributed by atoms with E-state index in [-0.39, 0.29) is 0 Å². The predicted octanol–water partition coefficient (Wildman–Crippen LogP) is 0.886. The van der Waals surface area contributed by atoms with Gasteiger partial charge in [-0.25, -0.2) is 4.98 Å². The number of aryl methyl sites for hydroxylation is 2. The molecule has 0 saturated carbocycles. The molecule has 0 atom stereocenters. The van der Waals surface area contributed by atoms with Gasteiger partial charge in [0.05, 0.1) is 0 Å². The summed E-state index contributed by atoms with van der Waals surface area (Å²) < 4.78 is 3.67. The molecule has 2 heterocycles. The van der Waals surface area contributed by atoms with Gasteiger partial charge in [0.1, 0.15) is 11.5 Å². The van der Waals surface area contributed by atoms with Gasteiger partial charge in [-0.05, 0) is 6.92 Å². The highest BCUT2D eigenvalue weighted by molar-refractivity contribution is 5.54. The Morgan fingerprint density at radius 3 is 2.86 bits per heavy atom. The fourth-order valence-corrected chi connectivity index (χ4v) is 1.39. The minimum Gasteiger partial charge on any atom is -0.384 e. The van der Waals surface area contributed by atoms with Crippen LogP contribution in [0.1, 0.15) is 6.92 Å². The molecule has 5 nitrogen and oxygen atoms in total. The molecule has 0 bridgehead atoms. The molecule has 2 aromatic rings. The molecule has 5 heteroatoms. The summed E-state index contributed by atoms with van der Waals surface area (Å²) in [5.41, 5.74) is 6.52. The zero-order valence-corrected chi connectivity index (χ0v) is 8.31. The number of anilines is 1. The molecule has 0 aliphatic rings. The zero-order chi connectivity index (χ0) is 10.1. The van der Waals surface area contributed by atoms with Gasteiger partial charge >= 0.3 is 0 Å². The standard InChI is InChI=1S/C9H13N5/c1-3-14-5-4-11-9(14)7-6-8(10)13(2)12-7/h4-6H,3,10H2,1-2H3. The first kappa shape index (κ1) is 8.80. The van der Waals surface area contributed by atoms with Crippen molar-refractivity contribution in [1.29, 1.82) is 0 Å². The van der Waals surface area contributed by atoms with Crippen LogP contribution in [0.25, 0.3) is 11.5 Å². The van der Waals surface area contributed by atoms with Crippen molar-refractivity contribution in [2.45, 2.75) is 13.5 Å². The van der Waals surface area contributed by atoms with Crippen molar-refractivity contribution in [3.05, 3.63) is 18.5 Å². The third-order valence-electron chi connectivity index (χ3n) is 2.20. The van der Waals surface area contributed by atoms with Crippen LogP contribution in [0.3, 0.4) is 0 Å². The van der Waals surface area contributed by atoms with E-state index in [0.29, 0.717) is 5.82 Å². The molecule has 0 fully saturated rings. The van der Waals surface area contributed by atoms with Gasteiger partial charge < -0.3 is 10.3 Å². The molecule has 2 aromatic heterocycles. The Morgan fingerprint density at radius 2 is 2.29 bits per heavy atom. The number of hydrogen-bond acceptors (Lipinski definition) is 3. The first-order chi connectivity index (χ1) is 6.72. The van der Waals surface area contributed by atoms with Crippen molar-refractivity contribution < 1.29 is 0 Å². The number of nitrogens with two attached hydrogens (primary N) is 1. The van der Waals surface area contributed by atoms with E-state index >= 15 is 0 Å². The van der Waals surface area contributed by atoms with E-state index in [2.05, 4.69) is 17.0 Å². The van der Waals surface area contributed by atoms with Gasteiger partial charge in [0.15, 0.2) is 5.82 Å². The second kappa shape index (κ2) is 3.17. The average molecular weight is 191 g/mol. The average Bonchev–Trinajstić information content (AvgIpc) is 2.73. The lowest BCUT2D eigenvalue weighted by Crippen LogP contribution is -1.98. The highest BCUT2D eigenvalue weighted by Crippen LogP contribution is 2.17. The van der Waals surface area contributed by atoms with E-state index in [1.54, 1.807) is 10.9 Å². The maximum Gasteiger partial charge on any atom is 0.160 e. The van der Waals surface area contributed by atoms with E-state index < -0.39 is 0 Å². The summed E-state index contributed by atoms with van der Waals surface area (Å²) in [6, 6.07) is 1.83. The topological polar surface area (TPSA) is 61.7 Å². The largest absolute Gasteiger partial charge is 0.384 e. The molecule has 0 radical (unpaired) electrons. The summed E-state index contributed by atoms with van der Waals surface area (Å²) in [5, 5.41) is 4.27. The third kappa shape index (κ3) is 1.26. The second-order valence-electron chi connectivity index (χ2n) is 3.11. The highest BCUT2D eigenvalue weighted by atomic mass is 15.3. The second-order valence-corrected chi connectivity index (χ2v) is 3.11. The van der Waals surface area contributed by atoms with Crippen molar-refractivity contribution in [2.24, 2.45) is 7.05 Å². The fraction of sp³-hybridized carbons (Fsp3) is 0.333. The zero-order valence-electron chi connectivity index (χ0n) is 8.31. The summed E-state index contributed by atoms with van der Waals surface area (Å²) >= 11 is 0.